The lowest BCUT2D eigenvalue weighted by atomic mass is 9.95. The van der Waals surface area contributed by atoms with Gasteiger partial charge in [0.1, 0.15) is 0 Å². The molecule has 1 unspecified atom stereocenters. The van der Waals surface area contributed by atoms with Crippen molar-refractivity contribution in [2.75, 3.05) is 12.3 Å². The highest BCUT2D eigenvalue weighted by molar-refractivity contribution is 7.91. The molecular weight excluding hydrogens is 324 g/mol. The summed E-state index contributed by atoms with van der Waals surface area (Å²) in [5, 5.41) is 2.98. The van der Waals surface area contributed by atoms with Crippen LogP contribution in [0.5, 0.6) is 0 Å². The molecule has 5 nitrogen and oxygen atoms in total. The molecule has 1 aromatic carbocycles. The van der Waals surface area contributed by atoms with Crippen LogP contribution in [0, 0.1) is 5.92 Å². The maximum Gasteiger partial charge on any atom is 0.251 e. The largest absolute Gasteiger partial charge is 0.345 e. The van der Waals surface area contributed by atoms with Crippen molar-refractivity contribution in [2.45, 2.75) is 37.1 Å². The van der Waals surface area contributed by atoms with E-state index in [0.717, 1.165) is 12.8 Å². The minimum atomic E-state index is -3.24. The number of nitrogens with one attached hydrogen (secondary N) is 1. The molecule has 1 aliphatic rings. The van der Waals surface area contributed by atoms with Crippen molar-refractivity contribution < 1.29 is 13.2 Å². The Morgan fingerprint density at radius 1 is 1.32 bits per heavy atom. The normalized spacial score (nSPS) is 17.2. The molecule has 0 bridgehead atoms. The second-order valence-electron chi connectivity index (χ2n) is 5.78. The fraction of sp³-hybridized carbons (Fsp3) is 0.533. The van der Waals surface area contributed by atoms with Gasteiger partial charge in [0.05, 0.1) is 16.2 Å². The minimum Gasteiger partial charge on any atom is -0.345 e. The molecule has 7 heteroatoms. The molecule has 124 valence electrons. The van der Waals surface area contributed by atoms with E-state index in [1.54, 1.807) is 19.1 Å². The van der Waals surface area contributed by atoms with E-state index in [9.17, 15) is 13.2 Å². The molecule has 1 amide bonds. The first-order valence-electron chi connectivity index (χ1n) is 7.18. The molecule has 0 spiro atoms. The Hall–Kier alpha value is -1.11. The molecule has 1 saturated carbocycles. The molecule has 2 rings (SSSR count). The summed E-state index contributed by atoms with van der Waals surface area (Å²) in [6.45, 7) is 3.95. The van der Waals surface area contributed by atoms with Crippen molar-refractivity contribution in [3.05, 3.63) is 29.8 Å². The van der Waals surface area contributed by atoms with Gasteiger partial charge in [0.2, 0.25) is 0 Å². The lowest BCUT2D eigenvalue weighted by Crippen LogP contribution is -2.53. The van der Waals surface area contributed by atoms with Crippen molar-refractivity contribution in [2.24, 2.45) is 11.7 Å². The van der Waals surface area contributed by atoms with Crippen molar-refractivity contribution in [3.8, 4) is 0 Å². The number of carbonyl (C=O) groups excluding carboxylic acids is 1. The van der Waals surface area contributed by atoms with Crippen LogP contribution in [0.4, 0.5) is 0 Å². The Kier molecular flexibility index (Phi) is 6.01. The van der Waals surface area contributed by atoms with Crippen LogP contribution >= 0.6 is 12.4 Å². The summed E-state index contributed by atoms with van der Waals surface area (Å²) in [5.41, 5.74) is 5.85. The average molecular weight is 347 g/mol. The highest BCUT2D eigenvalue weighted by Crippen LogP contribution is 2.39. The Labute approximate surface area is 138 Å². The highest BCUT2D eigenvalue weighted by Gasteiger charge is 2.41. The number of nitrogens with two attached hydrogens (primary N) is 1. The van der Waals surface area contributed by atoms with Gasteiger partial charge in [0, 0.05) is 12.1 Å². The Morgan fingerprint density at radius 3 is 2.27 bits per heavy atom. The lowest BCUT2D eigenvalue weighted by Gasteiger charge is -2.29. The number of hydrogen-bond donors (Lipinski definition) is 2. The molecule has 0 heterocycles. The Balaban J connectivity index is 0.00000242. The zero-order valence-corrected chi connectivity index (χ0v) is 14.5. The molecule has 0 radical (unpaired) electrons. The molecule has 0 saturated heterocycles. The second kappa shape index (κ2) is 6.98. The molecule has 22 heavy (non-hydrogen) atoms. The second-order valence-corrected chi connectivity index (χ2v) is 8.06. The maximum atomic E-state index is 12.3. The first-order chi connectivity index (χ1) is 9.82. The monoisotopic (exact) mass is 346 g/mol. The first kappa shape index (κ1) is 18.9. The van der Waals surface area contributed by atoms with E-state index in [4.69, 9.17) is 5.73 Å². The van der Waals surface area contributed by atoms with Crippen LogP contribution in [0.3, 0.4) is 0 Å². The van der Waals surface area contributed by atoms with E-state index >= 15 is 0 Å². The van der Waals surface area contributed by atoms with Gasteiger partial charge in [-0.25, -0.2) is 8.42 Å². The number of carbonyl (C=O) groups is 1. The number of hydrogen-bond acceptors (Lipinski definition) is 4. The molecule has 1 atom stereocenters. The van der Waals surface area contributed by atoms with Gasteiger partial charge in [-0.05, 0) is 49.9 Å². The molecule has 0 aliphatic heterocycles. The van der Waals surface area contributed by atoms with Crippen LogP contribution in [0.1, 0.15) is 37.0 Å². The first-order valence-corrected chi connectivity index (χ1v) is 8.83. The standard InChI is InChI=1S/C15H22N2O3S.ClH/c1-3-21(19,20)13-8-4-11(5-9-13)14(18)17-15(2,10-16)12-6-7-12;/h4-5,8-9,12H,3,6-7,10,16H2,1-2H3,(H,17,18);1H. The molecular formula is C15H23ClN2O3S. The van der Waals surface area contributed by atoms with Crippen LogP contribution < -0.4 is 11.1 Å². The van der Waals surface area contributed by atoms with Crippen LogP contribution in [-0.2, 0) is 9.84 Å². The zero-order chi connectivity index (χ0) is 15.7. The van der Waals surface area contributed by atoms with E-state index in [1.807, 2.05) is 6.92 Å². The third-order valence-corrected chi connectivity index (χ3v) is 5.91. The number of rotatable bonds is 6. The highest BCUT2D eigenvalue weighted by atomic mass is 35.5. The molecule has 1 fully saturated rings. The van der Waals surface area contributed by atoms with Gasteiger partial charge in [-0.1, -0.05) is 6.92 Å². The predicted molar refractivity (Wildman–Crippen MR) is 89.1 cm³/mol. The molecule has 1 aromatic rings. The van der Waals surface area contributed by atoms with Crippen molar-refractivity contribution in [3.63, 3.8) is 0 Å². The number of sulfone groups is 1. The van der Waals surface area contributed by atoms with Crippen molar-refractivity contribution in [1.29, 1.82) is 0 Å². The summed E-state index contributed by atoms with van der Waals surface area (Å²) < 4.78 is 23.5. The summed E-state index contributed by atoms with van der Waals surface area (Å²) in [7, 11) is -3.24. The van der Waals surface area contributed by atoms with E-state index in [1.165, 1.54) is 12.1 Å². The number of benzene rings is 1. The van der Waals surface area contributed by atoms with Gasteiger partial charge in [0.15, 0.2) is 9.84 Å². The van der Waals surface area contributed by atoms with Crippen molar-refractivity contribution in [1.82, 2.24) is 5.32 Å². The van der Waals surface area contributed by atoms with Crippen LogP contribution in [0.15, 0.2) is 29.2 Å². The summed E-state index contributed by atoms with van der Waals surface area (Å²) in [5.74, 6) is 0.271. The minimum absolute atomic E-state index is 0. The van der Waals surface area contributed by atoms with Gasteiger partial charge in [-0.3, -0.25) is 4.79 Å². The lowest BCUT2D eigenvalue weighted by molar-refractivity contribution is 0.0897. The van der Waals surface area contributed by atoms with Crippen LogP contribution in [0.2, 0.25) is 0 Å². The van der Waals surface area contributed by atoms with Crippen molar-refractivity contribution >= 4 is 28.2 Å². The summed E-state index contributed by atoms with van der Waals surface area (Å²) in [6, 6.07) is 6.04. The maximum absolute atomic E-state index is 12.3. The van der Waals surface area contributed by atoms with Gasteiger partial charge < -0.3 is 11.1 Å². The van der Waals surface area contributed by atoms with Crippen LogP contribution in [0.25, 0.3) is 0 Å². The van der Waals surface area contributed by atoms with E-state index in [2.05, 4.69) is 5.32 Å². The fourth-order valence-electron chi connectivity index (χ4n) is 2.35. The van der Waals surface area contributed by atoms with Crippen LogP contribution in [-0.4, -0.2) is 32.2 Å². The van der Waals surface area contributed by atoms with Gasteiger partial charge >= 0.3 is 0 Å². The summed E-state index contributed by atoms with van der Waals surface area (Å²) in [4.78, 5) is 12.5. The average Bonchev–Trinajstić information content (AvgIpc) is 3.32. The smallest absolute Gasteiger partial charge is 0.251 e. The SMILES string of the molecule is CCS(=O)(=O)c1ccc(C(=O)NC(C)(CN)C2CC2)cc1.Cl. The van der Waals surface area contributed by atoms with Gasteiger partial charge in [0.25, 0.3) is 5.91 Å². The topological polar surface area (TPSA) is 89.3 Å². The number of halogens is 1. The third-order valence-electron chi connectivity index (χ3n) is 4.16. The predicted octanol–water partition coefficient (Wildman–Crippen LogP) is 1.76. The summed E-state index contributed by atoms with van der Waals surface area (Å²) >= 11 is 0. The third kappa shape index (κ3) is 4.00. The summed E-state index contributed by atoms with van der Waals surface area (Å²) in [6.07, 6.45) is 2.17. The molecule has 0 aromatic heterocycles. The Bertz CT molecular complexity index is 627. The molecule has 1 aliphatic carbocycles. The zero-order valence-electron chi connectivity index (χ0n) is 12.8. The fourth-order valence-corrected chi connectivity index (χ4v) is 3.24. The van der Waals surface area contributed by atoms with Gasteiger partial charge in [-0.2, -0.15) is 0 Å². The van der Waals surface area contributed by atoms with Gasteiger partial charge in [-0.15, -0.1) is 12.4 Å². The molecule has 3 N–H and O–H groups in total. The van der Waals surface area contributed by atoms with E-state index in [-0.39, 0.29) is 34.5 Å². The quantitative estimate of drug-likeness (QED) is 0.821. The number of amides is 1. The van der Waals surface area contributed by atoms with E-state index < -0.39 is 9.84 Å². The van der Waals surface area contributed by atoms with E-state index in [0.29, 0.717) is 18.0 Å². The Morgan fingerprint density at radius 2 is 1.86 bits per heavy atom.